The van der Waals surface area contributed by atoms with Crippen molar-refractivity contribution in [1.82, 2.24) is 5.32 Å². The van der Waals surface area contributed by atoms with Crippen LogP contribution in [0, 0.1) is 0 Å². The topological polar surface area (TPSA) is 120 Å². The number of hydrogen-bond donors (Lipinski definition) is 2. The summed E-state index contributed by atoms with van der Waals surface area (Å²) in [6.45, 7) is 3.66. The molecule has 10 heteroatoms. The lowest BCUT2D eigenvalue weighted by Gasteiger charge is -2.10. The standard InChI is InChI=1S/C15H31NO8S/c1-21-7-8-23-11-12-24-10-9-22-6-5-16-15(18)4-3-14(17)13-25(2,19)20/h14,17H,3-13H2,1-2H3,(H,16,18)/t14-/m0/s1. The van der Waals surface area contributed by atoms with Crippen molar-refractivity contribution in [2.24, 2.45) is 0 Å². The number of sulfone groups is 1. The quantitative estimate of drug-likeness (QED) is 0.305. The summed E-state index contributed by atoms with van der Waals surface area (Å²) in [7, 11) is -1.63. The van der Waals surface area contributed by atoms with E-state index < -0.39 is 15.9 Å². The number of hydrogen-bond acceptors (Lipinski definition) is 8. The third-order valence-corrected chi connectivity index (χ3v) is 3.93. The minimum absolute atomic E-state index is 0.0723. The zero-order chi connectivity index (χ0) is 19.0. The first-order valence-electron chi connectivity index (χ1n) is 8.20. The molecule has 25 heavy (non-hydrogen) atoms. The van der Waals surface area contributed by atoms with Crippen molar-refractivity contribution < 1.29 is 37.3 Å². The van der Waals surface area contributed by atoms with E-state index in [0.717, 1.165) is 6.26 Å². The average Bonchev–Trinajstić information content (AvgIpc) is 2.52. The molecule has 0 bridgehead atoms. The first kappa shape index (κ1) is 24.2. The molecule has 0 aromatic rings. The molecule has 0 aliphatic rings. The highest BCUT2D eigenvalue weighted by atomic mass is 32.2. The van der Waals surface area contributed by atoms with Gasteiger partial charge in [-0.3, -0.25) is 4.79 Å². The SMILES string of the molecule is COCCOCCOCCOCCNC(=O)CC[C@H](O)CS(C)(=O)=O. The van der Waals surface area contributed by atoms with Gasteiger partial charge in [-0.25, -0.2) is 8.42 Å². The van der Waals surface area contributed by atoms with Crippen LogP contribution in [0.4, 0.5) is 0 Å². The van der Waals surface area contributed by atoms with Gasteiger partial charge in [0.2, 0.25) is 5.91 Å². The van der Waals surface area contributed by atoms with Crippen LogP contribution in [-0.4, -0.2) is 97.4 Å². The third-order valence-electron chi connectivity index (χ3n) is 2.94. The zero-order valence-electron chi connectivity index (χ0n) is 15.1. The van der Waals surface area contributed by atoms with Crippen LogP contribution in [0.2, 0.25) is 0 Å². The van der Waals surface area contributed by atoms with Gasteiger partial charge in [-0.05, 0) is 6.42 Å². The van der Waals surface area contributed by atoms with Crippen LogP contribution < -0.4 is 5.32 Å². The Morgan fingerprint density at radius 2 is 1.52 bits per heavy atom. The number of aliphatic hydroxyl groups is 1. The minimum Gasteiger partial charge on any atom is -0.392 e. The molecular weight excluding hydrogens is 354 g/mol. The van der Waals surface area contributed by atoms with E-state index in [1.807, 2.05) is 0 Å². The van der Waals surface area contributed by atoms with Crippen molar-refractivity contribution in [2.45, 2.75) is 18.9 Å². The maximum absolute atomic E-state index is 11.5. The number of methoxy groups -OCH3 is 1. The van der Waals surface area contributed by atoms with Gasteiger partial charge in [-0.15, -0.1) is 0 Å². The lowest BCUT2D eigenvalue weighted by atomic mass is 10.2. The summed E-state index contributed by atoms with van der Waals surface area (Å²) in [5.41, 5.74) is 0. The molecule has 0 saturated carbocycles. The van der Waals surface area contributed by atoms with E-state index in [9.17, 15) is 18.3 Å². The van der Waals surface area contributed by atoms with Gasteiger partial charge >= 0.3 is 0 Å². The molecule has 1 atom stereocenters. The Morgan fingerprint density at radius 1 is 1.00 bits per heavy atom. The summed E-state index contributed by atoms with van der Waals surface area (Å²) < 4.78 is 42.6. The van der Waals surface area contributed by atoms with E-state index in [1.54, 1.807) is 7.11 Å². The molecule has 9 nitrogen and oxygen atoms in total. The first-order chi connectivity index (χ1) is 11.8. The van der Waals surface area contributed by atoms with Gasteiger partial charge in [0.25, 0.3) is 0 Å². The summed E-state index contributed by atoms with van der Waals surface area (Å²) in [6, 6.07) is 0. The summed E-state index contributed by atoms with van der Waals surface area (Å²) in [4.78, 5) is 11.5. The average molecular weight is 385 g/mol. The number of aliphatic hydroxyl groups excluding tert-OH is 1. The van der Waals surface area contributed by atoms with Gasteiger partial charge in [-0.1, -0.05) is 0 Å². The number of rotatable bonds is 17. The van der Waals surface area contributed by atoms with Crippen LogP contribution in [0.5, 0.6) is 0 Å². The third kappa shape index (κ3) is 19.4. The van der Waals surface area contributed by atoms with E-state index >= 15 is 0 Å². The van der Waals surface area contributed by atoms with E-state index in [2.05, 4.69) is 5.32 Å². The van der Waals surface area contributed by atoms with Crippen LogP contribution in [0.15, 0.2) is 0 Å². The summed E-state index contributed by atoms with van der Waals surface area (Å²) >= 11 is 0. The molecule has 0 heterocycles. The highest BCUT2D eigenvalue weighted by molar-refractivity contribution is 7.90. The summed E-state index contributed by atoms with van der Waals surface area (Å²) in [5, 5.41) is 12.1. The van der Waals surface area contributed by atoms with Crippen molar-refractivity contribution in [3.8, 4) is 0 Å². The lowest BCUT2D eigenvalue weighted by Crippen LogP contribution is -2.29. The second-order valence-corrected chi connectivity index (χ2v) is 7.65. The lowest BCUT2D eigenvalue weighted by molar-refractivity contribution is -0.121. The summed E-state index contributed by atoms with van der Waals surface area (Å²) in [6.07, 6.45) is 0.210. The highest BCUT2D eigenvalue weighted by Crippen LogP contribution is 2.00. The molecular formula is C15H31NO8S. The molecule has 0 unspecified atom stereocenters. The molecule has 0 aromatic heterocycles. The molecule has 0 radical (unpaired) electrons. The van der Waals surface area contributed by atoms with Gasteiger partial charge in [0.05, 0.1) is 58.1 Å². The molecule has 0 saturated heterocycles. The molecule has 150 valence electrons. The molecule has 0 aliphatic carbocycles. The Kier molecular flexibility index (Phi) is 15.0. The van der Waals surface area contributed by atoms with Crippen LogP contribution in [0.1, 0.15) is 12.8 Å². The van der Waals surface area contributed by atoms with Crippen LogP contribution in [0.3, 0.4) is 0 Å². The fourth-order valence-electron chi connectivity index (χ4n) is 1.77. The van der Waals surface area contributed by atoms with E-state index in [4.69, 9.17) is 18.9 Å². The number of amides is 1. The predicted molar refractivity (Wildman–Crippen MR) is 92.3 cm³/mol. The number of carbonyl (C=O) groups is 1. The molecule has 2 N–H and O–H groups in total. The zero-order valence-corrected chi connectivity index (χ0v) is 15.9. The predicted octanol–water partition coefficient (Wildman–Crippen LogP) is -1.02. The number of carbonyl (C=O) groups excluding carboxylic acids is 1. The molecule has 0 spiro atoms. The first-order valence-corrected chi connectivity index (χ1v) is 10.3. The van der Waals surface area contributed by atoms with E-state index in [0.29, 0.717) is 52.8 Å². The van der Waals surface area contributed by atoms with Crippen molar-refractivity contribution in [3.05, 3.63) is 0 Å². The summed E-state index contributed by atoms with van der Waals surface area (Å²) in [5.74, 6) is -0.582. The smallest absolute Gasteiger partial charge is 0.220 e. The maximum Gasteiger partial charge on any atom is 0.220 e. The number of ether oxygens (including phenoxy) is 4. The molecule has 1 amide bonds. The Bertz CT molecular complexity index is 429. The van der Waals surface area contributed by atoms with Crippen molar-refractivity contribution in [2.75, 3.05) is 71.9 Å². The fraction of sp³-hybridized carbons (Fsp3) is 0.933. The van der Waals surface area contributed by atoms with Crippen molar-refractivity contribution >= 4 is 15.7 Å². The Balaban J connectivity index is 3.35. The van der Waals surface area contributed by atoms with Crippen LogP contribution in [-0.2, 0) is 33.6 Å². The van der Waals surface area contributed by atoms with Crippen LogP contribution in [0.25, 0.3) is 0 Å². The van der Waals surface area contributed by atoms with Crippen molar-refractivity contribution in [1.29, 1.82) is 0 Å². The Hall–Kier alpha value is -0.780. The second-order valence-electron chi connectivity index (χ2n) is 5.46. The van der Waals surface area contributed by atoms with Gasteiger partial charge < -0.3 is 29.4 Å². The molecule has 0 aliphatic heterocycles. The van der Waals surface area contributed by atoms with Gasteiger partial charge in [0.15, 0.2) is 0 Å². The van der Waals surface area contributed by atoms with E-state index in [1.165, 1.54) is 0 Å². The number of nitrogens with one attached hydrogen (secondary N) is 1. The molecule has 0 rings (SSSR count). The Morgan fingerprint density at radius 3 is 2.04 bits per heavy atom. The second kappa shape index (κ2) is 15.5. The van der Waals surface area contributed by atoms with Gasteiger partial charge in [0, 0.05) is 26.3 Å². The maximum atomic E-state index is 11.5. The highest BCUT2D eigenvalue weighted by Gasteiger charge is 2.13. The largest absolute Gasteiger partial charge is 0.392 e. The normalized spacial score (nSPS) is 12.9. The van der Waals surface area contributed by atoms with Gasteiger partial charge in [0.1, 0.15) is 9.84 Å². The monoisotopic (exact) mass is 385 g/mol. The van der Waals surface area contributed by atoms with Gasteiger partial charge in [-0.2, -0.15) is 0 Å². The Labute approximate surface area is 149 Å². The van der Waals surface area contributed by atoms with Crippen molar-refractivity contribution in [3.63, 3.8) is 0 Å². The minimum atomic E-state index is -3.24. The van der Waals surface area contributed by atoms with E-state index in [-0.39, 0.29) is 24.5 Å². The fourth-order valence-corrected chi connectivity index (χ4v) is 2.63. The van der Waals surface area contributed by atoms with Crippen LogP contribution >= 0.6 is 0 Å². The molecule has 0 aromatic carbocycles. The molecule has 0 fully saturated rings.